The van der Waals surface area contributed by atoms with Gasteiger partial charge in [0.05, 0.1) is 4.90 Å². The highest BCUT2D eigenvalue weighted by Gasteiger charge is 2.20. The monoisotopic (exact) mass is 401 g/mol. The van der Waals surface area contributed by atoms with Crippen molar-refractivity contribution in [2.75, 3.05) is 13.1 Å². The van der Waals surface area contributed by atoms with Gasteiger partial charge in [0.2, 0.25) is 10.0 Å². The Morgan fingerprint density at radius 2 is 1.75 bits per heavy atom. The number of pyridine rings is 1. The maximum Gasteiger partial charge on any atom is 0.256 e. The standard InChI is InChI=1S/C21H27N3O3S/c1-5-23(6-2)28(26,27)19-13-10-18(11-14-19)12-15-21(25)24-16-8-7-9-20(24)22-17(3)4/h7-17H,5-6H2,1-4H3/b15-12+,22-20?. The molecular formula is C21H27N3O3S. The van der Waals surface area contributed by atoms with Gasteiger partial charge in [-0.3, -0.25) is 14.4 Å². The predicted octanol–water partition coefficient (Wildman–Crippen LogP) is 3.18. The van der Waals surface area contributed by atoms with Crippen molar-refractivity contribution < 1.29 is 13.2 Å². The summed E-state index contributed by atoms with van der Waals surface area (Å²) in [5.41, 5.74) is 1.33. The van der Waals surface area contributed by atoms with Crippen LogP contribution < -0.4 is 5.49 Å². The van der Waals surface area contributed by atoms with E-state index in [-0.39, 0.29) is 16.8 Å². The zero-order chi connectivity index (χ0) is 20.7. The number of hydrogen-bond acceptors (Lipinski definition) is 4. The summed E-state index contributed by atoms with van der Waals surface area (Å²) < 4.78 is 27.9. The summed E-state index contributed by atoms with van der Waals surface area (Å²) in [5.74, 6) is -0.222. The number of carbonyl (C=O) groups is 1. The number of benzene rings is 1. The van der Waals surface area contributed by atoms with Crippen molar-refractivity contribution in [3.8, 4) is 0 Å². The molecule has 2 aromatic rings. The molecule has 7 heteroatoms. The molecule has 0 radical (unpaired) electrons. The molecule has 1 aromatic carbocycles. The van der Waals surface area contributed by atoms with Crippen molar-refractivity contribution in [1.29, 1.82) is 0 Å². The lowest BCUT2D eigenvalue weighted by molar-refractivity contribution is 0.0964. The molecular weight excluding hydrogens is 374 g/mol. The minimum atomic E-state index is -3.48. The van der Waals surface area contributed by atoms with Crippen molar-refractivity contribution in [3.05, 3.63) is 65.8 Å². The molecule has 0 atom stereocenters. The molecule has 1 heterocycles. The second-order valence-electron chi connectivity index (χ2n) is 6.48. The van der Waals surface area contributed by atoms with E-state index in [9.17, 15) is 13.2 Å². The first kappa shape index (κ1) is 21.8. The molecule has 0 saturated carbocycles. The number of nitrogens with zero attached hydrogens (tertiary/aromatic N) is 3. The minimum absolute atomic E-state index is 0.0748. The highest BCUT2D eigenvalue weighted by atomic mass is 32.2. The fourth-order valence-corrected chi connectivity index (χ4v) is 4.16. The average Bonchev–Trinajstić information content (AvgIpc) is 2.67. The molecule has 28 heavy (non-hydrogen) atoms. The molecule has 150 valence electrons. The van der Waals surface area contributed by atoms with Gasteiger partial charge in [0, 0.05) is 31.4 Å². The highest BCUT2D eigenvalue weighted by Crippen LogP contribution is 2.16. The van der Waals surface area contributed by atoms with Crippen LogP contribution in [0.3, 0.4) is 0 Å². The summed E-state index contributed by atoms with van der Waals surface area (Å²) in [4.78, 5) is 17.2. The van der Waals surface area contributed by atoms with Crippen LogP contribution in [0.15, 0.2) is 64.6 Å². The van der Waals surface area contributed by atoms with Crippen LogP contribution in [0.1, 0.15) is 38.1 Å². The van der Waals surface area contributed by atoms with Crippen LogP contribution in [-0.2, 0) is 10.0 Å². The molecule has 0 fully saturated rings. The zero-order valence-corrected chi connectivity index (χ0v) is 17.6. The molecule has 0 aliphatic heterocycles. The smallest absolute Gasteiger partial charge is 0.256 e. The van der Waals surface area contributed by atoms with Gasteiger partial charge in [0.1, 0.15) is 5.49 Å². The summed E-state index contributed by atoms with van der Waals surface area (Å²) in [7, 11) is -3.48. The molecule has 0 N–H and O–H groups in total. The minimum Gasteiger partial charge on any atom is -0.269 e. The topological polar surface area (TPSA) is 71.7 Å². The molecule has 0 aliphatic rings. The SMILES string of the molecule is CCN(CC)S(=O)(=O)c1ccc(/C=C/C(=O)n2ccccc2=NC(C)C)cc1. The first-order valence-corrected chi connectivity index (χ1v) is 10.8. The Morgan fingerprint density at radius 1 is 1.11 bits per heavy atom. The first-order valence-electron chi connectivity index (χ1n) is 9.33. The lowest BCUT2D eigenvalue weighted by Crippen LogP contribution is -2.30. The summed E-state index contributed by atoms with van der Waals surface area (Å²) >= 11 is 0. The van der Waals surface area contributed by atoms with Crippen molar-refractivity contribution in [2.24, 2.45) is 4.99 Å². The maximum absolute atomic E-state index is 12.5. The van der Waals surface area contributed by atoms with Crippen molar-refractivity contribution in [3.63, 3.8) is 0 Å². The van der Waals surface area contributed by atoms with E-state index >= 15 is 0 Å². The van der Waals surface area contributed by atoms with Gasteiger partial charge in [0.15, 0.2) is 0 Å². The van der Waals surface area contributed by atoms with Gasteiger partial charge >= 0.3 is 0 Å². The van der Waals surface area contributed by atoms with E-state index in [2.05, 4.69) is 4.99 Å². The number of allylic oxidation sites excluding steroid dienone is 1. The van der Waals surface area contributed by atoms with E-state index in [4.69, 9.17) is 0 Å². The van der Waals surface area contributed by atoms with Crippen LogP contribution in [0.25, 0.3) is 6.08 Å². The highest BCUT2D eigenvalue weighted by molar-refractivity contribution is 7.89. The van der Waals surface area contributed by atoms with Crippen molar-refractivity contribution in [2.45, 2.75) is 38.6 Å². The Balaban J connectivity index is 2.24. The molecule has 1 aromatic heterocycles. The van der Waals surface area contributed by atoms with Gasteiger partial charge in [0.25, 0.3) is 5.91 Å². The van der Waals surface area contributed by atoms with Crippen molar-refractivity contribution in [1.82, 2.24) is 8.87 Å². The normalized spacial score (nSPS) is 13.0. The van der Waals surface area contributed by atoms with Crippen molar-refractivity contribution >= 4 is 22.0 Å². The van der Waals surface area contributed by atoms with E-state index in [1.807, 2.05) is 33.8 Å². The average molecular weight is 402 g/mol. The Labute approximate surface area is 166 Å². The fraction of sp³-hybridized carbons (Fsp3) is 0.333. The quantitative estimate of drug-likeness (QED) is 0.669. The van der Waals surface area contributed by atoms with Gasteiger partial charge in [-0.1, -0.05) is 32.0 Å². The number of sulfonamides is 1. The molecule has 0 saturated heterocycles. The molecule has 0 aliphatic carbocycles. The lowest BCUT2D eigenvalue weighted by Gasteiger charge is -2.18. The second kappa shape index (κ2) is 9.61. The maximum atomic E-state index is 12.5. The van der Waals surface area contributed by atoms with Gasteiger partial charge < -0.3 is 0 Å². The van der Waals surface area contributed by atoms with Crippen LogP contribution in [0, 0.1) is 0 Å². The Bertz CT molecular complexity index is 1000. The van der Waals surface area contributed by atoms with Crippen LogP contribution >= 0.6 is 0 Å². The molecule has 6 nitrogen and oxygen atoms in total. The van der Waals surface area contributed by atoms with Gasteiger partial charge in [-0.05, 0) is 49.8 Å². The van der Waals surface area contributed by atoms with Crippen LogP contribution in [0.4, 0.5) is 0 Å². The molecule has 2 rings (SSSR count). The van der Waals surface area contributed by atoms with Crippen LogP contribution in [0.5, 0.6) is 0 Å². The van der Waals surface area contributed by atoms with Crippen LogP contribution in [-0.4, -0.2) is 42.3 Å². The third-order valence-electron chi connectivity index (χ3n) is 4.11. The largest absolute Gasteiger partial charge is 0.269 e. The number of hydrogen-bond donors (Lipinski definition) is 0. The fourth-order valence-electron chi connectivity index (χ4n) is 2.70. The Hall–Kier alpha value is -2.51. The Kier molecular flexibility index (Phi) is 7.48. The van der Waals surface area contributed by atoms with E-state index in [1.54, 1.807) is 48.7 Å². The summed E-state index contributed by atoms with van der Waals surface area (Å²) in [5, 5.41) is 0. The Morgan fingerprint density at radius 3 is 2.32 bits per heavy atom. The van der Waals surface area contributed by atoms with Gasteiger partial charge in [-0.15, -0.1) is 0 Å². The predicted molar refractivity (Wildman–Crippen MR) is 111 cm³/mol. The van der Waals surface area contributed by atoms with E-state index in [0.717, 1.165) is 5.56 Å². The molecule has 0 bridgehead atoms. The lowest BCUT2D eigenvalue weighted by atomic mass is 10.2. The summed E-state index contributed by atoms with van der Waals surface area (Å²) in [6.07, 6.45) is 4.79. The first-order chi connectivity index (χ1) is 13.3. The second-order valence-corrected chi connectivity index (χ2v) is 8.42. The third-order valence-corrected chi connectivity index (χ3v) is 6.17. The van der Waals surface area contributed by atoms with E-state index in [0.29, 0.717) is 18.6 Å². The van der Waals surface area contributed by atoms with E-state index < -0.39 is 10.0 Å². The molecule has 0 amide bonds. The van der Waals surface area contributed by atoms with Gasteiger partial charge in [-0.25, -0.2) is 8.42 Å². The van der Waals surface area contributed by atoms with E-state index in [1.165, 1.54) is 14.9 Å². The molecule has 0 spiro atoms. The van der Waals surface area contributed by atoms with Gasteiger partial charge in [-0.2, -0.15) is 4.31 Å². The number of carbonyl (C=O) groups excluding carboxylic acids is 1. The summed E-state index contributed by atoms with van der Waals surface area (Å²) in [6.45, 7) is 8.37. The zero-order valence-electron chi connectivity index (χ0n) is 16.7. The third kappa shape index (κ3) is 5.27. The molecule has 0 unspecified atom stereocenters. The number of aromatic nitrogens is 1. The number of rotatable bonds is 7. The summed E-state index contributed by atoms with van der Waals surface area (Å²) in [6, 6.07) is 12.0. The van der Waals surface area contributed by atoms with Crippen LogP contribution in [0.2, 0.25) is 0 Å².